The third kappa shape index (κ3) is 6.55. The Bertz CT molecular complexity index is 342. The third-order valence-corrected chi connectivity index (χ3v) is 3.19. The van der Waals surface area contributed by atoms with Crippen molar-refractivity contribution in [1.82, 2.24) is 4.90 Å². The van der Waals surface area contributed by atoms with E-state index in [0.717, 1.165) is 4.90 Å². The highest BCUT2D eigenvalue weighted by molar-refractivity contribution is 7.99. The minimum absolute atomic E-state index is 0.335. The predicted octanol–water partition coefficient (Wildman–Crippen LogP) is 1.91. The van der Waals surface area contributed by atoms with Gasteiger partial charge in [0.1, 0.15) is 6.04 Å². The molecule has 112 valence electrons. The molecule has 1 unspecified atom stereocenters. The number of rotatable bonds is 5. The number of alkyl halides is 3. The summed E-state index contributed by atoms with van der Waals surface area (Å²) in [7, 11) is 0. The average Bonchev–Trinajstić information content (AvgIpc) is 2.10. The van der Waals surface area contributed by atoms with E-state index in [1.165, 1.54) is 20.8 Å². The molecule has 5 nitrogen and oxygen atoms in total. The molecule has 1 atom stereocenters. The van der Waals surface area contributed by atoms with Crippen LogP contribution in [0.4, 0.5) is 18.0 Å². The van der Waals surface area contributed by atoms with Crippen molar-refractivity contribution in [1.29, 1.82) is 0 Å². The lowest BCUT2D eigenvalue weighted by Crippen LogP contribution is -2.57. The predicted molar refractivity (Wildman–Crippen MR) is 66.0 cm³/mol. The van der Waals surface area contributed by atoms with Gasteiger partial charge in [0.25, 0.3) is 0 Å². The number of primary amides is 1. The zero-order chi connectivity index (χ0) is 15.4. The number of carbonyl (C=O) groups excluding carboxylic acids is 1. The Morgan fingerprint density at radius 1 is 1.32 bits per heavy atom. The quantitative estimate of drug-likeness (QED) is 0.812. The molecule has 0 heterocycles. The number of hydrogen-bond donors (Lipinski definition) is 2. The topological polar surface area (TPSA) is 83.6 Å². The largest absolute Gasteiger partial charge is 0.465 e. The number of hydrogen-bond acceptors (Lipinski definition) is 3. The Kier molecular flexibility index (Phi) is 5.98. The van der Waals surface area contributed by atoms with Crippen molar-refractivity contribution >= 4 is 23.8 Å². The Hall–Kier alpha value is -1.12. The summed E-state index contributed by atoms with van der Waals surface area (Å²) in [5.41, 5.74) is 4.14. The van der Waals surface area contributed by atoms with Crippen LogP contribution in [0.5, 0.6) is 0 Å². The number of amides is 2. The standard InChI is InChI=1S/C10H17F3N2O3S/c1-9(2,3)15(8(17)18)6(7(14)16)4-19-5-10(11,12)13/h6H,4-5H2,1-3H3,(H2,14,16)(H,17,18). The van der Waals surface area contributed by atoms with Crippen molar-refractivity contribution in [3.05, 3.63) is 0 Å². The van der Waals surface area contributed by atoms with Crippen LogP contribution in [-0.4, -0.2) is 51.3 Å². The van der Waals surface area contributed by atoms with E-state index in [1.807, 2.05) is 0 Å². The SMILES string of the molecule is CC(C)(C)N(C(=O)O)C(CSCC(F)(F)F)C(N)=O. The van der Waals surface area contributed by atoms with Gasteiger partial charge in [-0.3, -0.25) is 9.69 Å². The number of nitrogens with two attached hydrogens (primary N) is 1. The van der Waals surface area contributed by atoms with E-state index >= 15 is 0 Å². The van der Waals surface area contributed by atoms with Crippen LogP contribution >= 0.6 is 11.8 Å². The molecule has 0 saturated heterocycles. The van der Waals surface area contributed by atoms with E-state index in [9.17, 15) is 22.8 Å². The molecule has 0 aromatic rings. The van der Waals surface area contributed by atoms with Crippen LogP contribution in [0.3, 0.4) is 0 Å². The fourth-order valence-electron chi connectivity index (χ4n) is 1.46. The molecule has 9 heteroatoms. The van der Waals surface area contributed by atoms with Crippen LogP contribution in [0.1, 0.15) is 20.8 Å². The first-order valence-electron chi connectivity index (χ1n) is 5.32. The molecule has 19 heavy (non-hydrogen) atoms. The number of halogens is 3. The first-order valence-corrected chi connectivity index (χ1v) is 6.48. The number of carbonyl (C=O) groups is 2. The van der Waals surface area contributed by atoms with Gasteiger partial charge in [-0.15, -0.1) is 11.8 Å². The summed E-state index contributed by atoms with van der Waals surface area (Å²) in [6.07, 6.45) is -5.77. The van der Waals surface area contributed by atoms with Crippen molar-refractivity contribution in [2.45, 2.75) is 38.5 Å². The van der Waals surface area contributed by atoms with Crippen molar-refractivity contribution < 1.29 is 27.9 Å². The Morgan fingerprint density at radius 2 is 1.79 bits per heavy atom. The smallest absolute Gasteiger partial charge is 0.408 e. The van der Waals surface area contributed by atoms with Crippen LogP contribution in [0, 0.1) is 0 Å². The van der Waals surface area contributed by atoms with Gasteiger partial charge in [0.2, 0.25) is 5.91 Å². The van der Waals surface area contributed by atoms with Crippen LogP contribution in [-0.2, 0) is 4.79 Å². The Balaban J connectivity index is 4.89. The molecule has 0 aromatic heterocycles. The van der Waals surface area contributed by atoms with Gasteiger partial charge in [0, 0.05) is 11.3 Å². The Labute approximate surface area is 113 Å². The molecule has 0 aliphatic carbocycles. The van der Waals surface area contributed by atoms with Crippen LogP contribution in [0.25, 0.3) is 0 Å². The van der Waals surface area contributed by atoms with Gasteiger partial charge in [-0.2, -0.15) is 13.2 Å². The molecule has 0 aliphatic heterocycles. The Morgan fingerprint density at radius 3 is 2.05 bits per heavy atom. The second-order valence-electron chi connectivity index (χ2n) is 4.87. The maximum atomic E-state index is 12.0. The van der Waals surface area contributed by atoms with Crippen LogP contribution in [0.15, 0.2) is 0 Å². The van der Waals surface area contributed by atoms with E-state index in [4.69, 9.17) is 10.8 Å². The second kappa shape index (κ2) is 6.36. The van der Waals surface area contributed by atoms with E-state index in [0.29, 0.717) is 11.8 Å². The molecule has 0 bridgehead atoms. The molecule has 0 fully saturated rings. The fourth-order valence-corrected chi connectivity index (χ4v) is 2.34. The molecule has 3 N–H and O–H groups in total. The third-order valence-electron chi connectivity index (χ3n) is 2.11. The van der Waals surface area contributed by atoms with Crippen molar-refractivity contribution in [2.75, 3.05) is 11.5 Å². The van der Waals surface area contributed by atoms with Gasteiger partial charge >= 0.3 is 12.3 Å². The van der Waals surface area contributed by atoms with E-state index in [-0.39, 0.29) is 5.75 Å². The highest BCUT2D eigenvalue weighted by Gasteiger charge is 2.37. The first kappa shape index (κ1) is 17.9. The molecule has 0 radical (unpaired) electrons. The van der Waals surface area contributed by atoms with Gasteiger partial charge in [-0.05, 0) is 20.8 Å². The highest BCUT2D eigenvalue weighted by atomic mass is 32.2. The number of thioether (sulfide) groups is 1. The van der Waals surface area contributed by atoms with Gasteiger partial charge in [0.05, 0.1) is 5.75 Å². The van der Waals surface area contributed by atoms with E-state index in [2.05, 4.69) is 0 Å². The number of carboxylic acid groups (broad SMARTS) is 1. The maximum Gasteiger partial charge on any atom is 0.408 e. The lowest BCUT2D eigenvalue weighted by atomic mass is 10.0. The summed E-state index contributed by atoms with van der Waals surface area (Å²) >= 11 is 0.428. The lowest BCUT2D eigenvalue weighted by Gasteiger charge is -2.38. The summed E-state index contributed by atoms with van der Waals surface area (Å²) in [6, 6.07) is -1.30. The molecule has 0 aliphatic rings. The average molecular weight is 302 g/mol. The molecular formula is C10H17F3N2O3S. The normalized spacial score (nSPS) is 14.0. The van der Waals surface area contributed by atoms with Crippen LogP contribution < -0.4 is 5.73 Å². The van der Waals surface area contributed by atoms with E-state index in [1.54, 1.807) is 0 Å². The second-order valence-corrected chi connectivity index (χ2v) is 5.90. The van der Waals surface area contributed by atoms with Crippen molar-refractivity contribution in [3.8, 4) is 0 Å². The minimum atomic E-state index is -4.37. The van der Waals surface area contributed by atoms with E-state index < -0.39 is 35.5 Å². The van der Waals surface area contributed by atoms with Crippen molar-refractivity contribution in [3.63, 3.8) is 0 Å². The monoisotopic (exact) mass is 302 g/mol. The molecule has 0 aromatic carbocycles. The first-order chi connectivity index (χ1) is 8.36. The summed E-state index contributed by atoms with van der Waals surface area (Å²) in [5.74, 6) is -2.46. The molecule has 0 rings (SSSR count). The minimum Gasteiger partial charge on any atom is -0.465 e. The molecular weight excluding hydrogens is 285 g/mol. The molecule has 0 saturated carbocycles. The zero-order valence-corrected chi connectivity index (χ0v) is 11.6. The fraction of sp³-hybridized carbons (Fsp3) is 0.800. The summed E-state index contributed by atoms with van der Waals surface area (Å²) in [4.78, 5) is 23.2. The van der Waals surface area contributed by atoms with Crippen molar-refractivity contribution in [2.24, 2.45) is 5.73 Å². The van der Waals surface area contributed by atoms with Crippen LogP contribution in [0.2, 0.25) is 0 Å². The maximum absolute atomic E-state index is 12.0. The highest BCUT2D eigenvalue weighted by Crippen LogP contribution is 2.25. The summed E-state index contributed by atoms with van der Waals surface area (Å²) in [5, 5.41) is 9.07. The summed E-state index contributed by atoms with van der Waals surface area (Å²) < 4.78 is 36.1. The van der Waals surface area contributed by atoms with Gasteiger partial charge in [0.15, 0.2) is 0 Å². The molecule has 2 amide bonds. The van der Waals surface area contributed by atoms with Gasteiger partial charge in [-0.25, -0.2) is 4.79 Å². The summed E-state index contributed by atoms with van der Waals surface area (Å²) in [6.45, 7) is 4.60. The zero-order valence-electron chi connectivity index (χ0n) is 10.8. The van der Waals surface area contributed by atoms with Gasteiger partial charge in [-0.1, -0.05) is 0 Å². The number of nitrogens with zero attached hydrogens (tertiary/aromatic N) is 1. The molecule has 0 spiro atoms. The lowest BCUT2D eigenvalue weighted by molar-refractivity contribution is -0.123. The van der Waals surface area contributed by atoms with Gasteiger partial charge < -0.3 is 10.8 Å².